The van der Waals surface area contributed by atoms with Crippen LogP contribution < -0.4 is 9.62 Å². The quantitative estimate of drug-likeness (QED) is 0.856. The highest BCUT2D eigenvalue weighted by atomic mass is 32.2. The Morgan fingerprint density at radius 2 is 2.05 bits per heavy atom. The summed E-state index contributed by atoms with van der Waals surface area (Å²) in [6.45, 7) is 2.21. The van der Waals surface area contributed by atoms with Crippen LogP contribution in [0.25, 0.3) is 0 Å². The molecule has 0 bridgehead atoms. The number of nitrogens with zero attached hydrogens (tertiary/aromatic N) is 1. The Morgan fingerprint density at radius 1 is 1.37 bits per heavy atom. The first-order valence-corrected chi connectivity index (χ1v) is 7.94. The monoisotopic (exact) mass is 284 g/mol. The van der Waals surface area contributed by atoms with Crippen LogP contribution in [0.2, 0.25) is 0 Å². The molecule has 0 saturated carbocycles. The molecule has 1 amide bonds. The van der Waals surface area contributed by atoms with Crippen molar-refractivity contribution in [2.75, 3.05) is 24.2 Å². The minimum absolute atomic E-state index is 0.0855. The summed E-state index contributed by atoms with van der Waals surface area (Å²) in [6.07, 6.45) is 1.98. The van der Waals surface area contributed by atoms with E-state index in [4.69, 9.17) is 0 Å². The molecule has 1 aromatic rings. The molecular weight excluding hydrogens is 264 g/mol. The van der Waals surface area contributed by atoms with Crippen LogP contribution in [-0.2, 0) is 14.8 Å². The Kier molecular flexibility index (Phi) is 5.35. The molecule has 106 valence electrons. The summed E-state index contributed by atoms with van der Waals surface area (Å²) < 4.78 is 25.0. The number of aryl methyl sites for hydroxylation is 1. The second-order valence-electron chi connectivity index (χ2n) is 4.45. The number of sulfonamides is 1. The summed E-state index contributed by atoms with van der Waals surface area (Å²) in [5, 5.41) is 2.52. The smallest absolute Gasteiger partial charge is 0.232 e. The van der Waals surface area contributed by atoms with Crippen LogP contribution >= 0.6 is 0 Å². The van der Waals surface area contributed by atoms with Gasteiger partial charge in [0.25, 0.3) is 0 Å². The van der Waals surface area contributed by atoms with Gasteiger partial charge >= 0.3 is 0 Å². The van der Waals surface area contributed by atoms with Crippen molar-refractivity contribution in [1.82, 2.24) is 5.32 Å². The minimum Gasteiger partial charge on any atom is -0.359 e. The molecule has 0 aromatic heterocycles. The van der Waals surface area contributed by atoms with Gasteiger partial charge in [0.05, 0.1) is 11.9 Å². The molecule has 6 heteroatoms. The lowest BCUT2D eigenvalue weighted by molar-refractivity contribution is -0.120. The minimum atomic E-state index is -3.34. The fourth-order valence-corrected chi connectivity index (χ4v) is 2.73. The van der Waals surface area contributed by atoms with Crippen molar-refractivity contribution in [3.8, 4) is 0 Å². The molecule has 5 nitrogen and oxygen atoms in total. The number of carbonyl (C=O) groups is 1. The number of benzene rings is 1. The summed E-state index contributed by atoms with van der Waals surface area (Å²) in [7, 11) is -1.77. The van der Waals surface area contributed by atoms with E-state index < -0.39 is 10.0 Å². The van der Waals surface area contributed by atoms with Gasteiger partial charge in [0.1, 0.15) is 0 Å². The van der Waals surface area contributed by atoms with Gasteiger partial charge in [-0.05, 0) is 31.0 Å². The van der Waals surface area contributed by atoms with Crippen LogP contribution in [0.15, 0.2) is 24.3 Å². The van der Waals surface area contributed by atoms with E-state index >= 15 is 0 Å². The maximum absolute atomic E-state index is 11.8. The first-order valence-electron chi connectivity index (χ1n) is 6.09. The molecular formula is C13H20N2O3S. The molecule has 0 atom stereocenters. The van der Waals surface area contributed by atoms with E-state index in [2.05, 4.69) is 5.32 Å². The van der Waals surface area contributed by atoms with Crippen LogP contribution in [0.1, 0.15) is 18.4 Å². The van der Waals surface area contributed by atoms with Gasteiger partial charge in [-0.25, -0.2) is 8.42 Å². The van der Waals surface area contributed by atoms with Crippen LogP contribution in [0.5, 0.6) is 0 Å². The average Bonchev–Trinajstić information content (AvgIpc) is 2.32. The molecule has 19 heavy (non-hydrogen) atoms. The zero-order valence-electron chi connectivity index (χ0n) is 11.5. The van der Waals surface area contributed by atoms with Crippen LogP contribution in [0, 0.1) is 6.92 Å². The van der Waals surface area contributed by atoms with Crippen molar-refractivity contribution in [3.05, 3.63) is 29.8 Å². The van der Waals surface area contributed by atoms with E-state index in [-0.39, 0.29) is 5.91 Å². The van der Waals surface area contributed by atoms with E-state index in [1.165, 1.54) is 10.6 Å². The molecule has 0 radical (unpaired) electrons. The first-order chi connectivity index (χ1) is 8.84. The SMILES string of the molecule is CNC(=O)CCCN(c1cccc(C)c1)S(C)(=O)=O. The molecule has 0 unspecified atom stereocenters. The van der Waals surface area contributed by atoms with Gasteiger partial charge in [-0.3, -0.25) is 9.10 Å². The molecule has 0 aliphatic heterocycles. The van der Waals surface area contributed by atoms with Crippen molar-refractivity contribution < 1.29 is 13.2 Å². The van der Waals surface area contributed by atoms with Gasteiger partial charge in [-0.2, -0.15) is 0 Å². The lowest BCUT2D eigenvalue weighted by Crippen LogP contribution is -2.31. The predicted octanol–water partition coefficient (Wildman–Crippen LogP) is 1.29. The van der Waals surface area contributed by atoms with Gasteiger partial charge in [0.15, 0.2) is 0 Å². The van der Waals surface area contributed by atoms with Crippen molar-refractivity contribution in [2.45, 2.75) is 19.8 Å². The molecule has 1 N–H and O–H groups in total. The number of hydrogen-bond acceptors (Lipinski definition) is 3. The lowest BCUT2D eigenvalue weighted by Gasteiger charge is -2.22. The summed E-state index contributed by atoms with van der Waals surface area (Å²) in [5.41, 5.74) is 1.64. The van der Waals surface area contributed by atoms with E-state index in [0.717, 1.165) is 5.56 Å². The second-order valence-corrected chi connectivity index (χ2v) is 6.36. The predicted molar refractivity (Wildman–Crippen MR) is 76.7 cm³/mol. The van der Waals surface area contributed by atoms with E-state index in [1.807, 2.05) is 25.1 Å². The van der Waals surface area contributed by atoms with Crippen molar-refractivity contribution in [3.63, 3.8) is 0 Å². The van der Waals surface area contributed by atoms with Gasteiger partial charge in [-0.15, -0.1) is 0 Å². The summed E-state index contributed by atoms with van der Waals surface area (Å²) in [5.74, 6) is -0.0855. The maximum atomic E-state index is 11.8. The fraction of sp³-hybridized carbons (Fsp3) is 0.462. The van der Waals surface area contributed by atoms with Gasteiger partial charge in [0.2, 0.25) is 15.9 Å². The lowest BCUT2D eigenvalue weighted by atomic mass is 10.2. The Hall–Kier alpha value is -1.56. The Labute approximate surface area is 114 Å². The van der Waals surface area contributed by atoms with Gasteiger partial charge < -0.3 is 5.32 Å². The number of rotatable bonds is 6. The van der Waals surface area contributed by atoms with Crippen molar-refractivity contribution in [1.29, 1.82) is 0 Å². The number of hydrogen-bond donors (Lipinski definition) is 1. The van der Waals surface area contributed by atoms with E-state index in [9.17, 15) is 13.2 Å². The second kappa shape index (κ2) is 6.56. The fourth-order valence-electron chi connectivity index (χ4n) is 1.78. The topological polar surface area (TPSA) is 66.5 Å². The van der Waals surface area contributed by atoms with Crippen LogP contribution in [0.3, 0.4) is 0 Å². The largest absolute Gasteiger partial charge is 0.359 e. The third-order valence-corrected chi connectivity index (χ3v) is 3.93. The van der Waals surface area contributed by atoms with E-state index in [0.29, 0.717) is 25.1 Å². The molecule has 0 spiro atoms. The highest BCUT2D eigenvalue weighted by molar-refractivity contribution is 7.92. The first kappa shape index (κ1) is 15.5. The Morgan fingerprint density at radius 3 is 2.58 bits per heavy atom. The summed E-state index contributed by atoms with van der Waals surface area (Å²) in [6, 6.07) is 7.31. The molecule has 0 saturated heterocycles. The maximum Gasteiger partial charge on any atom is 0.232 e. The third-order valence-electron chi connectivity index (χ3n) is 2.73. The molecule has 0 aliphatic carbocycles. The van der Waals surface area contributed by atoms with Gasteiger partial charge in [-0.1, -0.05) is 12.1 Å². The summed E-state index contributed by atoms with van der Waals surface area (Å²) in [4.78, 5) is 11.2. The Balaban J connectivity index is 2.83. The molecule has 0 aliphatic rings. The normalized spacial score (nSPS) is 11.1. The van der Waals surface area contributed by atoms with Crippen molar-refractivity contribution >= 4 is 21.6 Å². The number of amides is 1. The number of anilines is 1. The molecule has 1 rings (SSSR count). The molecule has 0 heterocycles. The number of carbonyl (C=O) groups excluding carboxylic acids is 1. The highest BCUT2D eigenvalue weighted by Crippen LogP contribution is 2.19. The molecule has 0 fully saturated rings. The zero-order valence-corrected chi connectivity index (χ0v) is 12.3. The zero-order chi connectivity index (χ0) is 14.5. The van der Waals surface area contributed by atoms with Crippen molar-refractivity contribution in [2.24, 2.45) is 0 Å². The Bertz CT molecular complexity index is 541. The van der Waals surface area contributed by atoms with Crippen LogP contribution in [-0.4, -0.2) is 34.2 Å². The third kappa shape index (κ3) is 4.90. The van der Waals surface area contributed by atoms with Crippen LogP contribution in [0.4, 0.5) is 5.69 Å². The average molecular weight is 284 g/mol. The number of nitrogens with one attached hydrogen (secondary N) is 1. The van der Waals surface area contributed by atoms with E-state index in [1.54, 1.807) is 13.1 Å². The highest BCUT2D eigenvalue weighted by Gasteiger charge is 2.17. The summed E-state index contributed by atoms with van der Waals surface area (Å²) >= 11 is 0. The van der Waals surface area contributed by atoms with Gasteiger partial charge in [0, 0.05) is 20.0 Å². The molecule has 1 aromatic carbocycles. The standard InChI is InChI=1S/C13H20N2O3S/c1-11-6-4-7-12(10-11)15(19(3,17)18)9-5-8-13(16)14-2/h4,6-7,10H,5,8-9H2,1-3H3,(H,14,16).